The number of nitrogens with one attached hydrogen (secondary N) is 2. The topological polar surface area (TPSA) is 101 Å². The van der Waals surface area contributed by atoms with Crippen molar-refractivity contribution in [2.24, 2.45) is 0 Å². The van der Waals surface area contributed by atoms with Crippen LogP contribution < -0.4 is 10.5 Å². The molecule has 0 spiro atoms. The minimum atomic E-state index is -3.56. The molecular weight excluding hydrogens is 216 g/mol. The first-order valence-corrected chi connectivity index (χ1v) is 5.83. The molecule has 4 N–H and O–H groups in total. The summed E-state index contributed by atoms with van der Waals surface area (Å²) in [7, 11) is -3.56. The molecule has 1 aromatic rings. The molecular formula is C8H14N4O2S. The fraction of sp³-hybridized carbons (Fsp3) is 0.375. The van der Waals surface area contributed by atoms with Crippen LogP contribution in [0.15, 0.2) is 22.7 Å². The Balaban J connectivity index is 2.78. The predicted molar refractivity (Wildman–Crippen MR) is 57.6 cm³/mol. The van der Waals surface area contributed by atoms with Gasteiger partial charge in [-0.05, 0) is 13.8 Å². The second kappa shape index (κ2) is 4.45. The first-order chi connectivity index (χ1) is 6.93. The van der Waals surface area contributed by atoms with E-state index in [0.29, 0.717) is 0 Å². The molecule has 0 unspecified atom stereocenters. The fourth-order valence-corrected chi connectivity index (χ4v) is 1.92. The van der Waals surface area contributed by atoms with Gasteiger partial charge >= 0.3 is 0 Å². The van der Waals surface area contributed by atoms with E-state index in [1.807, 2.05) is 13.8 Å². The number of aromatic nitrogens is 2. The van der Waals surface area contributed by atoms with Crippen LogP contribution in [0.4, 0.5) is 5.82 Å². The summed E-state index contributed by atoms with van der Waals surface area (Å²) in [6.07, 6.45) is 2.95. The first-order valence-electron chi connectivity index (χ1n) is 4.35. The number of nitrogens with two attached hydrogens (primary N) is 1. The summed E-state index contributed by atoms with van der Waals surface area (Å²) in [4.78, 5) is -0.0235. The highest BCUT2D eigenvalue weighted by molar-refractivity contribution is 7.89. The van der Waals surface area contributed by atoms with Gasteiger partial charge in [0.25, 0.3) is 0 Å². The lowest BCUT2D eigenvalue weighted by Crippen LogP contribution is -2.24. The lowest BCUT2D eigenvalue weighted by Gasteiger charge is -2.02. The standard InChI is InChI=1S/C8H14N4O2S/c1-6(2)3-4-11-15(13,14)7-5-10-12-8(7)9/h3,5,11H,4H2,1-2H3,(H3,9,10,12). The highest BCUT2D eigenvalue weighted by Gasteiger charge is 2.17. The number of hydrogen-bond acceptors (Lipinski definition) is 4. The number of allylic oxidation sites excluding steroid dienone is 1. The number of rotatable bonds is 4. The Morgan fingerprint density at radius 3 is 2.80 bits per heavy atom. The monoisotopic (exact) mass is 230 g/mol. The van der Waals surface area contributed by atoms with Crippen molar-refractivity contribution in [1.82, 2.24) is 14.9 Å². The summed E-state index contributed by atoms with van der Waals surface area (Å²) >= 11 is 0. The van der Waals surface area contributed by atoms with Crippen LogP contribution in [0.3, 0.4) is 0 Å². The van der Waals surface area contributed by atoms with Crippen molar-refractivity contribution in [3.63, 3.8) is 0 Å². The molecule has 1 rings (SSSR count). The third-order valence-electron chi connectivity index (χ3n) is 1.71. The summed E-state index contributed by atoms with van der Waals surface area (Å²) in [6.45, 7) is 4.02. The summed E-state index contributed by atoms with van der Waals surface area (Å²) < 4.78 is 25.6. The fourth-order valence-electron chi connectivity index (χ4n) is 0.932. The van der Waals surface area contributed by atoms with Gasteiger partial charge in [-0.2, -0.15) is 5.10 Å². The van der Waals surface area contributed by atoms with E-state index in [1.54, 1.807) is 6.08 Å². The molecule has 15 heavy (non-hydrogen) atoms. The number of H-pyrrole nitrogens is 1. The summed E-state index contributed by atoms with van der Waals surface area (Å²) in [6, 6.07) is 0. The number of hydrogen-bond donors (Lipinski definition) is 3. The van der Waals surface area contributed by atoms with Crippen LogP contribution in [-0.2, 0) is 10.0 Å². The number of aromatic amines is 1. The van der Waals surface area contributed by atoms with Crippen molar-refractivity contribution >= 4 is 15.8 Å². The third-order valence-corrected chi connectivity index (χ3v) is 3.16. The minimum Gasteiger partial charge on any atom is -0.383 e. The molecule has 6 nitrogen and oxygen atoms in total. The van der Waals surface area contributed by atoms with Gasteiger partial charge in [0.2, 0.25) is 10.0 Å². The molecule has 0 amide bonds. The van der Waals surface area contributed by atoms with Gasteiger partial charge < -0.3 is 5.73 Å². The highest BCUT2D eigenvalue weighted by atomic mass is 32.2. The molecule has 0 fully saturated rings. The molecule has 0 aromatic carbocycles. The second-order valence-electron chi connectivity index (χ2n) is 3.28. The average molecular weight is 230 g/mol. The van der Waals surface area contributed by atoms with Gasteiger partial charge in [0.05, 0.1) is 6.20 Å². The molecule has 0 radical (unpaired) electrons. The minimum absolute atomic E-state index is 0.0235. The Bertz CT molecular complexity index is 457. The van der Waals surface area contributed by atoms with E-state index in [-0.39, 0.29) is 17.3 Å². The molecule has 0 saturated carbocycles. The Hall–Kier alpha value is -1.34. The maximum atomic E-state index is 11.6. The van der Waals surface area contributed by atoms with Gasteiger partial charge in [0.1, 0.15) is 10.7 Å². The van der Waals surface area contributed by atoms with Crippen molar-refractivity contribution in [2.75, 3.05) is 12.3 Å². The SMILES string of the molecule is CC(C)=CCNS(=O)(=O)c1cn[nH]c1N. The maximum Gasteiger partial charge on any atom is 0.246 e. The summed E-state index contributed by atoms with van der Waals surface area (Å²) in [5, 5.41) is 5.91. The Kier molecular flexibility index (Phi) is 3.48. The summed E-state index contributed by atoms with van der Waals surface area (Å²) in [5.74, 6) is 0.0414. The Morgan fingerprint density at radius 1 is 1.67 bits per heavy atom. The lowest BCUT2D eigenvalue weighted by atomic mass is 10.3. The van der Waals surface area contributed by atoms with E-state index in [4.69, 9.17) is 5.73 Å². The van der Waals surface area contributed by atoms with Crippen LogP contribution in [-0.4, -0.2) is 25.2 Å². The van der Waals surface area contributed by atoms with E-state index in [0.717, 1.165) is 5.57 Å². The molecule has 0 aliphatic carbocycles. The molecule has 0 saturated heterocycles. The molecule has 7 heteroatoms. The molecule has 0 bridgehead atoms. The maximum absolute atomic E-state index is 11.6. The number of sulfonamides is 1. The smallest absolute Gasteiger partial charge is 0.246 e. The van der Waals surface area contributed by atoms with Gasteiger partial charge in [0, 0.05) is 6.54 Å². The molecule has 1 heterocycles. The van der Waals surface area contributed by atoms with Crippen molar-refractivity contribution in [3.05, 3.63) is 17.8 Å². The van der Waals surface area contributed by atoms with Crippen molar-refractivity contribution in [1.29, 1.82) is 0 Å². The number of nitrogens with zero attached hydrogens (tertiary/aromatic N) is 1. The van der Waals surface area contributed by atoms with E-state index in [1.165, 1.54) is 6.20 Å². The van der Waals surface area contributed by atoms with Crippen LogP contribution in [0.1, 0.15) is 13.8 Å². The van der Waals surface area contributed by atoms with Gasteiger partial charge in [-0.3, -0.25) is 5.10 Å². The normalized spacial score (nSPS) is 11.3. The van der Waals surface area contributed by atoms with Crippen LogP contribution >= 0.6 is 0 Å². The first kappa shape index (κ1) is 11.7. The highest BCUT2D eigenvalue weighted by Crippen LogP contribution is 2.12. The largest absolute Gasteiger partial charge is 0.383 e. The van der Waals surface area contributed by atoms with Crippen molar-refractivity contribution < 1.29 is 8.42 Å². The second-order valence-corrected chi connectivity index (χ2v) is 5.02. The van der Waals surface area contributed by atoms with E-state index < -0.39 is 10.0 Å². The number of anilines is 1. The van der Waals surface area contributed by atoms with Gasteiger partial charge in [0.15, 0.2) is 0 Å². The van der Waals surface area contributed by atoms with Crippen LogP contribution in [0.2, 0.25) is 0 Å². The average Bonchev–Trinajstić information content (AvgIpc) is 2.50. The zero-order chi connectivity index (χ0) is 11.5. The lowest BCUT2D eigenvalue weighted by molar-refractivity contribution is 0.586. The van der Waals surface area contributed by atoms with Crippen LogP contribution in [0.25, 0.3) is 0 Å². The van der Waals surface area contributed by atoms with Gasteiger partial charge in [-0.15, -0.1) is 0 Å². The zero-order valence-corrected chi connectivity index (χ0v) is 9.43. The van der Waals surface area contributed by atoms with Gasteiger partial charge in [-0.25, -0.2) is 13.1 Å². The molecule has 0 aliphatic rings. The predicted octanol–water partition coefficient (Wildman–Crippen LogP) is 0.236. The zero-order valence-electron chi connectivity index (χ0n) is 8.61. The van der Waals surface area contributed by atoms with Crippen LogP contribution in [0, 0.1) is 0 Å². The van der Waals surface area contributed by atoms with E-state index in [9.17, 15) is 8.42 Å². The van der Waals surface area contributed by atoms with E-state index >= 15 is 0 Å². The van der Waals surface area contributed by atoms with Crippen molar-refractivity contribution in [3.8, 4) is 0 Å². The molecule has 0 aliphatic heterocycles. The third kappa shape index (κ3) is 3.07. The van der Waals surface area contributed by atoms with E-state index in [2.05, 4.69) is 14.9 Å². The quantitative estimate of drug-likeness (QED) is 0.645. The Morgan fingerprint density at radius 2 is 2.33 bits per heavy atom. The van der Waals surface area contributed by atoms with Crippen molar-refractivity contribution in [2.45, 2.75) is 18.7 Å². The summed E-state index contributed by atoms with van der Waals surface area (Å²) in [5.41, 5.74) is 6.45. The van der Waals surface area contributed by atoms with Gasteiger partial charge in [-0.1, -0.05) is 11.6 Å². The van der Waals surface area contributed by atoms with Crippen LogP contribution in [0.5, 0.6) is 0 Å². The molecule has 0 atom stereocenters. The molecule has 84 valence electrons. The number of nitrogen functional groups attached to an aromatic ring is 1. The Labute approximate surface area is 88.6 Å². The molecule has 1 aromatic heterocycles.